The molecule has 1 unspecified atom stereocenters. The molecule has 0 fully saturated rings. The first-order chi connectivity index (χ1) is 10.2. The van der Waals surface area contributed by atoms with E-state index in [1.807, 2.05) is 55.8 Å². The van der Waals surface area contributed by atoms with Crippen LogP contribution in [0.3, 0.4) is 0 Å². The smallest absolute Gasteiger partial charge is 0.0945 e. The topological polar surface area (TPSA) is 53.3 Å². The number of imidazole rings is 1. The quantitative estimate of drug-likeness (QED) is 0.726. The van der Waals surface area contributed by atoms with E-state index in [0.29, 0.717) is 6.54 Å². The first-order valence-corrected chi connectivity index (χ1v) is 7.28. The monoisotopic (exact) mass is 288 g/mol. The van der Waals surface area contributed by atoms with E-state index in [1.54, 1.807) is 6.20 Å². The lowest BCUT2D eigenvalue weighted by atomic mass is 10.1. The molecule has 2 rings (SSSR count). The summed E-state index contributed by atoms with van der Waals surface area (Å²) in [6, 6.07) is 8.01. The molecule has 0 aliphatic rings. The van der Waals surface area contributed by atoms with Crippen LogP contribution in [0.15, 0.2) is 43.0 Å². The van der Waals surface area contributed by atoms with E-state index in [9.17, 15) is 5.11 Å². The van der Waals surface area contributed by atoms with Crippen LogP contribution in [0.5, 0.6) is 0 Å². The summed E-state index contributed by atoms with van der Waals surface area (Å²) in [6.07, 6.45) is 6.12. The fraction of sp³-hybridized carbons (Fsp3) is 0.438. The van der Waals surface area contributed by atoms with Gasteiger partial charge in [0.15, 0.2) is 0 Å². The van der Waals surface area contributed by atoms with Crippen molar-refractivity contribution >= 4 is 5.69 Å². The molecule has 0 aliphatic carbocycles. The third kappa shape index (κ3) is 4.88. The van der Waals surface area contributed by atoms with Gasteiger partial charge in [0.05, 0.1) is 12.4 Å². The lowest BCUT2D eigenvalue weighted by molar-refractivity contribution is 0.174. The molecular weight excluding hydrogens is 264 g/mol. The summed E-state index contributed by atoms with van der Waals surface area (Å²) in [6.45, 7) is 2.40. The molecule has 1 atom stereocenters. The van der Waals surface area contributed by atoms with Gasteiger partial charge in [-0.05, 0) is 30.7 Å². The minimum atomic E-state index is -0.463. The number of hydrogen-bond donors (Lipinski definition) is 2. The Morgan fingerprint density at radius 2 is 2.05 bits per heavy atom. The summed E-state index contributed by atoms with van der Waals surface area (Å²) in [5.74, 6) is 0. The number of rotatable bonds is 8. The van der Waals surface area contributed by atoms with Gasteiger partial charge in [-0.15, -0.1) is 0 Å². The van der Waals surface area contributed by atoms with Crippen molar-refractivity contribution in [2.75, 3.05) is 32.1 Å². The Morgan fingerprint density at radius 3 is 2.67 bits per heavy atom. The summed E-state index contributed by atoms with van der Waals surface area (Å²) in [7, 11) is 4.01. The first kappa shape index (κ1) is 15.5. The highest BCUT2D eigenvalue weighted by Crippen LogP contribution is 2.17. The average Bonchev–Trinajstić information content (AvgIpc) is 3.00. The average molecular weight is 288 g/mol. The van der Waals surface area contributed by atoms with Gasteiger partial charge in [0.2, 0.25) is 0 Å². The van der Waals surface area contributed by atoms with Crippen molar-refractivity contribution in [1.82, 2.24) is 14.9 Å². The van der Waals surface area contributed by atoms with Crippen LogP contribution in [-0.2, 0) is 6.54 Å². The van der Waals surface area contributed by atoms with E-state index in [2.05, 4.69) is 14.9 Å². The van der Waals surface area contributed by atoms with Crippen molar-refractivity contribution < 1.29 is 5.11 Å². The summed E-state index contributed by atoms with van der Waals surface area (Å²) >= 11 is 0. The highest BCUT2D eigenvalue weighted by Gasteiger charge is 2.07. The molecule has 1 heterocycles. The molecule has 0 saturated carbocycles. The fourth-order valence-electron chi connectivity index (χ4n) is 2.16. The number of aliphatic hydroxyl groups excluding tert-OH is 1. The predicted molar refractivity (Wildman–Crippen MR) is 85.4 cm³/mol. The predicted octanol–water partition coefficient (Wildman–Crippen LogP) is 1.66. The molecule has 21 heavy (non-hydrogen) atoms. The number of aliphatic hydroxyl groups is 1. The second-order valence-corrected chi connectivity index (χ2v) is 5.36. The van der Waals surface area contributed by atoms with Crippen molar-refractivity contribution in [3.05, 3.63) is 48.5 Å². The third-order valence-electron chi connectivity index (χ3n) is 3.46. The van der Waals surface area contributed by atoms with Gasteiger partial charge in [0.25, 0.3) is 0 Å². The third-order valence-corrected chi connectivity index (χ3v) is 3.46. The minimum Gasteiger partial charge on any atom is -0.387 e. The number of aryl methyl sites for hydroxylation is 1. The zero-order valence-corrected chi connectivity index (χ0v) is 12.7. The maximum absolute atomic E-state index is 10.1. The molecule has 0 spiro atoms. The highest BCUT2D eigenvalue weighted by atomic mass is 16.3. The Bertz CT molecular complexity index is 508. The normalized spacial score (nSPS) is 12.3. The molecule has 0 bridgehead atoms. The van der Waals surface area contributed by atoms with E-state index >= 15 is 0 Å². The summed E-state index contributed by atoms with van der Waals surface area (Å²) in [5.41, 5.74) is 2.09. The van der Waals surface area contributed by atoms with Gasteiger partial charge in [0, 0.05) is 45.3 Å². The minimum absolute atomic E-state index is 0.463. The zero-order valence-electron chi connectivity index (χ0n) is 12.7. The highest BCUT2D eigenvalue weighted by molar-refractivity contribution is 5.46. The van der Waals surface area contributed by atoms with Crippen LogP contribution in [-0.4, -0.2) is 41.8 Å². The lowest BCUT2D eigenvalue weighted by Crippen LogP contribution is -2.23. The Morgan fingerprint density at radius 1 is 1.29 bits per heavy atom. The van der Waals surface area contributed by atoms with Gasteiger partial charge in [-0.2, -0.15) is 0 Å². The summed E-state index contributed by atoms with van der Waals surface area (Å²) in [5, 5.41) is 13.4. The van der Waals surface area contributed by atoms with Crippen LogP contribution < -0.4 is 10.2 Å². The summed E-state index contributed by atoms with van der Waals surface area (Å²) < 4.78 is 2.05. The SMILES string of the molecule is CN(C)c1ccc(C(O)CNCCCn2ccnc2)cc1. The molecule has 114 valence electrons. The van der Waals surface area contributed by atoms with Crippen LogP contribution in [0.4, 0.5) is 5.69 Å². The van der Waals surface area contributed by atoms with Crippen LogP contribution in [0.2, 0.25) is 0 Å². The van der Waals surface area contributed by atoms with E-state index in [1.165, 1.54) is 0 Å². The van der Waals surface area contributed by atoms with Gasteiger partial charge in [-0.3, -0.25) is 0 Å². The molecule has 0 saturated heterocycles. The second-order valence-electron chi connectivity index (χ2n) is 5.36. The summed E-state index contributed by atoms with van der Waals surface area (Å²) in [4.78, 5) is 6.05. The van der Waals surface area contributed by atoms with Gasteiger partial charge in [-0.25, -0.2) is 4.98 Å². The molecule has 1 aromatic heterocycles. The Balaban J connectivity index is 1.68. The first-order valence-electron chi connectivity index (χ1n) is 7.28. The van der Waals surface area contributed by atoms with Crippen molar-refractivity contribution in [2.24, 2.45) is 0 Å². The number of nitrogens with zero attached hydrogens (tertiary/aromatic N) is 3. The van der Waals surface area contributed by atoms with Crippen molar-refractivity contribution in [2.45, 2.75) is 19.1 Å². The maximum atomic E-state index is 10.1. The number of benzene rings is 1. The maximum Gasteiger partial charge on any atom is 0.0945 e. The van der Waals surface area contributed by atoms with E-state index in [-0.39, 0.29) is 0 Å². The van der Waals surface area contributed by atoms with Gasteiger partial charge < -0.3 is 19.9 Å². The van der Waals surface area contributed by atoms with Crippen LogP contribution in [0.25, 0.3) is 0 Å². The number of nitrogens with one attached hydrogen (secondary N) is 1. The van der Waals surface area contributed by atoms with Crippen LogP contribution >= 0.6 is 0 Å². The second kappa shape index (κ2) is 7.81. The van der Waals surface area contributed by atoms with Crippen molar-refractivity contribution in [1.29, 1.82) is 0 Å². The van der Waals surface area contributed by atoms with E-state index in [0.717, 1.165) is 30.8 Å². The van der Waals surface area contributed by atoms with Gasteiger partial charge in [0.1, 0.15) is 0 Å². The molecule has 0 radical (unpaired) electrons. The van der Waals surface area contributed by atoms with Crippen LogP contribution in [0, 0.1) is 0 Å². The largest absolute Gasteiger partial charge is 0.387 e. The van der Waals surface area contributed by atoms with Gasteiger partial charge in [-0.1, -0.05) is 12.1 Å². The molecular formula is C16H24N4O. The van der Waals surface area contributed by atoms with E-state index < -0.39 is 6.10 Å². The Labute approximate surface area is 126 Å². The molecule has 2 N–H and O–H groups in total. The number of anilines is 1. The Hall–Kier alpha value is -1.85. The molecule has 5 nitrogen and oxygen atoms in total. The molecule has 1 aromatic carbocycles. The Kier molecular flexibility index (Phi) is 5.78. The molecule has 0 amide bonds. The standard InChI is InChI=1S/C16H24N4O/c1-19(2)15-6-4-14(5-7-15)16(21)12-17-8-3-10-20-11-9-18-13-20/h4-7,9,11,13,16-17,21H,3,8,10,12H2,1-2H3. The van der Waals surface area contributed by atoms with Crippen LogP contribution in [0.1, 0.15) is 18.1 Å². The van der Waals surface area contributed by atoms with Gasteiger partial charge >= 0.3 is 0 Å². The van der Waals surface area contributed by atoms with E-state index in [4.69, 9.17) is 0 Å². The number of hydrogen-bond acceptors (Lipinski definition) is 4. The molecule has 0 aliphatic heterocycles. The number of aromatic nitrogens is 2. The van der Waals surface area contributed by atoms with Crippen molar-refractivity contribution in [3.63, 3.8) is 0 Å². The van der Waals surface area contributed by atoms with Crippen molar-refractivity contribution in [3.8, 4) is 0 Å². The zero-order chi connectivity index (χ0) is 15.1. The molecule has 2 aromatic rings. The lowest BCUT2D eigenvalue weighted by Gasteiger charge is -2.15. The fourth-order valence-corrected chi connectivity index (χ4v) is 2.16. The molecule has 5 heteroatoms.